The summed E-state index contributed by atoms with van der Waals surface area (Å²) in [5.74, 6) is 0. The molecular formula is C15H32N2O2. The molecule has 1 saturated heterocycles. The second-order valence-electron chi connectivity index (χ2n) is 7.21. The predicted molar refractivity (Wildman–Crippen MR) is 79.4 cm³/mol. The van der Waals surface area contributed by atoms with E-state index in [1.807, 2.05) is 0 Å². The van der Waals surface area contributed by atoms with Gasteiger partial charge in [0, 0.05) is 51.7 Å². The highest BCUT2D eigenvalue weighted by molar-refractivity contribution is 4.86. The Kier molecular flexibility index (Phi) is 6.24. The molecule has 0 aromatic carbocycles. The van der Waals surface area contributed by atoms with Crippen molar-refractivity contribution in [3.05, 3.63) is 0 Å². The molecule has 0 amide bonds. The van der Waals surface area contributed by atoms with E-state index in [2.05, 4.69) is 45.0 Å². The van der Waals surface area contributed by atoms with Gasteiger partial charge < -0.3 is 20.1 Å². The first kappa shape index (κ1) is 16.9. The van der Waals surface area contributed by atoms with Gasteiger partial charge in [0.1, 0.15) is 0 Å². The Bertz CT molecular complexity index is 261. The molecule has 4 nitrogen and oxygen atoms in total. The Labute approximate surface area is 118 Å². The molecule has 2 N–H and O–H groups in total. The monoisotopic (exact) mass is 272 g/mol. The van der Waals surface area contributed by atoms with Gasteiger partial charge in [-0.15, -0.1) is 0 Å². The maximum atomic E-state index is 10.5. The van der Waals surface area contributed by atoms with Crippen molar-refractivity contribution in [1.29, 1.82) is 0 Å². The van der Waals surface area contributed by atoms with Crippen molar-refractivity contribution in [2.24, 2.45) is 5.41 Å². The molecule has 1 aliphatic heterocycles. The molecule has 0 aromatic rings. The van der Waals surface area contributed by atoms with E-state index in [1.54, 1.807) is 0 Å². The summed E-state index contributed by atoms with van der Waals surface area (Å²) in [5, 5.41) is 14.0. The van der Waals surface area contributed by atoms with Crippen LogP contribution in [-0.2, 0) is 4.74 Å². The van der Waals surface area contributed by atoms with Crippen LogP contribution in [-0.4, -0.2) is 61.5 Å². The van der Waals surface area contributed by atoms with Gasteiger partial charge in [-0.2, -0.15) is 0 Å². The summed E-state index contributed by atoms with van der Waals surface area (Å²) >= 11 is 0. The fourth-order valence-corrected chi connectivity index (χ4v) is 2.73. The highest BCUT2D eigenvalue weighted by atomic mass is 16.5. The van der Waals surface area contributed by atoms with Gasteiger partial charge in [-0.25, -0.2) is 0 Å². The van der Waals surface area contributed by atoms with Crippen LogP contribution >= 0.6 is 0 Å². The molecule has 0 aromatic heterocycles. The van der Waals surface area contributed by atoms with Crippen LogP contribution in [0, 0.1) is 5.41 Å². The third-order valence-electron chi connectivity index (χ3n) is 3.67. The van der Waals surface area contributed by atoms with Crippen molar-refractivity contribution in [2.45, 2.75) is 52.2 Å². The number of nitrogens with zero attached hydrogens (tertiary/aromatic N) is 1. The van der Waals surface area contributed by atoms with Crippen molar-refractivity contribution < 1.29 is 9.84 Å². The standard InChI is InChI=1S/C15H32N2O2/c1-13(2)16-10-14(3,4)11-17(5)12-15(18)6-8-19-9-7-15/h13,16,18H,6-12H2,1-5H3. The Balaban J connectivity index is 2.38. The quantitative estimate of drug-likeness (QED) is 0.737. The molecule has 0 bridgehead atoms. The van der Waals surface area contributed by atoms with Gasteiger partial charge in [0.2, 0.25) is 0 Å². The summed E-state index contributed by atoms with van der Waals surface area (Å²) in [6.07, 6.45) is 1.50. The van der Waals surface area contributed by atoms with E-state index in [9.17, 15) is 5.11 Å². The number of hydrogen-bond donors (Lipinski definition) is 2. The summed E-state index contributed by atoms with van der Waals surface area (Å²) in [7, 11) is 2.10. The summed E-state index contributed by atoms with van der Waals surface area (Å²) in [5.41, 5.74) is -0.352. The molecular weight excluding hydrogens is 240 g/mol. The van der Waals surface area contributed by atoms with Gasteiger partial charge in [0.05, 0.1) is 5.60 Å². The van der Waals surface area contributed by atoms with Gasteiger partial charge in [-0.3, -0.25) is 0 Å². The van der Waals surface area contributed by atoms with Gasteiger partial charge in [-0.05, 0) is 12.5 Å². The number of nitrogens with one attached hydrogen (secondary N) is 1. The summed E-state index contributed by atoms with van der Waals surface area (Å²) in [6.45, 7) is 13.0. The molecule has 0 saturated carbocycles. The Morgan fingerprint density at radius 2 is 1.89 bits per heavy atom. The van der Waals surface area contributed by atoms with Gasteiger partial charge in [0.25, 0.3) is 0 Å². The van der Waals surface area contributed by atoms with Crippen molar-refractivity contribution in [2.75, 3.05) is 39.9 Å². The van der Waals surface area contributed by atoms with Crippen LogP contribution in [0.5, 0.6) is 0 Å². The highest BCUT2D eigenvalue weighted by Crippen LogP contribution is 2.23. The number of rotatable bonds is 7. The lowest BCUT2D eigenvalue weighted by atomic mass is 9.90. The Morgan fingerprint density at radius 1 is 1.32 bits per heavy atom. The van der Waals surface area contributed by atoms with Crippen LogP contribution < -0.4 is 5.32 Å². The van der Waals surface area contributed by atoms with Crippen LogP contribution in [0.25, 0.3) is 0 Å². The van der Waals surface area contributed by atoms with Crippen molar-refractivity contribution >= 4 is 0 Å². The second kappa shape index (κ2) is 7.02. The molecule has 0 radical (unpaired) electrons. The lowest BCUT2D eigenvalue weighted by Crippen LogP contribution is -2.49. The van der Waals surface area contributed by atoms with Crippen LogP contribution in [0.1, 0.15) is 40.5 Å². The molecule has 4 heteroatoms. The minimum absolute atomic E-state index is 0.209. The summed E-state index contributed by atoms with van der Waals surface area (Å²) in [4.78, 5) is 2.26. The molecule has 1 fully saturated rings. The lowest BCUT2D eigenvalue weighted by molar-refractivity contribution is -0.0795. The number of ether oxygens (including phenoxy) is 1. The highest BCUT2D eigenvalue weighted by Gasteiger charge is 2.32. The molecule has 0 unspecified atom stereocenters. The third kappa shape index (κ3) is 6.70. The second-order valence-corrected chi connectivity index (χ2v) is 7.21. The van der Waals surface area contributed by atoms with Crippen LogP contribution in [0.3, 0.4) is 0 Å². The molecule has 19 heavy (non-hydrogen) atoms. The number of likely N-dealkylation sites (N-methyl/N-ethyl adjacent to an activating group) is 1. The van der Waals surface area contributed by atoms with E-state index in [-0.39, 0.29) is 5.41 Å². The largest absolute Gasteiger partial charge is 0.388 e. The van der Waals surface area contributed by atoms with Crippen molar-refractivity contribution in [1.82, 2.24) is 10.2 Å². The lowest BCUT2D eigenvalue weighted by Gasteiger charge is -2.38. The Morgan fingerprint density at radius 3 is 2.42 bits per heavy atom. The van der Waals surface area contributed by atoms with Crippen LogP contribution in [0.15, 0.2) is 0 Å². The normalized spacial score (nSPS) is 20.2. The molecule has 0 spiro atoms. The van der Waals surface area contributed by atoms with E-state index >= 15 is 0 Å². The zero-order valence-corrected chi connectivity index (χ0v) is 13.3. The fourth-order valence-electron chi connectivity index (χ4n) is 2.73. The molecule has 1 heterocycles. The number of aliphatic hydroxyl groups is 1. The molecule has 1 rings (SSSR count). The van der Waals surface area contributed by atoms with Crippen molar-refractivity contribution in [3.63, 3.8) is 0 Å². The minimum Gasteiger partial charge on any atom is -0.388 e. The van der Waals surface area contributed by atoms with E-state index in [1.165, 1.54) is 0 Å². The first-order valence-electron chi connectivity index (χ1n) is 7.45. The van der Waals surface area contributed by atoms with Crippen molar-refractivity contribution in [3.8, 4) is 0 Å². The molecule has 114 valence electrons. The zero-order chi connectivity index (χ0) is 14.5. The third-order valence-corrected chi connectivity index (χ3v) is 3.67. The minimum atomic E-state index is -0.561. The predicted octanol–water partition coefficient (Wildman–Crippen LogP) is 1.48. The van der Waals surface area contributed by atoms with E-state index < -0.39 is 5.60 Å². The fraction of sp³-hybridized carbons (Fsp3) is 1.00. The number of hydrogen-bond acceptors (Lipinski definition) is 4. The van der Waals surface area contributed by atoms with E-state index in [0.29, 0.717) is 19.3 Å². The van der Waals surface area contributed by atoms with E-state index in [0.717, 1.165) is 32.5 Å². The topological polar surface area (TPSA) is 44.7 Å². The zero-order valence-electron chi connectivity index (χ0n) is 13.3. The first-order chi connectivity index (χ1) is 8.72. The van der Waals surface area contributed by atoms with Crippen LogP contribution in [0.4, 0.5) is 0 Å². The molecule has 0 aliphatic carbocycles. The molecule has 0 atom stereocenters. The van der Waals surface area contributed by atoms with Crippen LogP contribution in [0.2, 0.25) is 0 Å². The van der Waals surface area contributed by atoms with E-state index in [4.69, 9.17) is 4.74 Å². The summed E-state index contributed by atoms with van der Waals surface area (Å²) in [6, 6.07) is 0.518. The smallest absolute Gasteiger partial charge is 0.0817 e. The van der Waals surface area contributed by atoms with Gasteiger partial charge in [-0.1, -0.05) is 27.7 Å². The Hall–Kier alpha value is -0.160. The first-order valence-corrected chi connectivity index (χ1v) is 7.45. The SMILES string of the molecule is CC(C)NCC(C)(C)CN(C)CC1(O)CCOCC1. The average Bonchev–Trinajstić information content (AvgIpc) is 2.25. The summed E-state index contributed by atoms with van der Waals surface area (Å²) < 4.78 is 5.32. The van der Waals surface area contributed by atoms with Gasteiger partial charge in [0.15, 0.2) is 0 Å². The average molecular weight is 272 g/mol. The maximum absolute atomic E-state index is 10.5. The molecule has 1 aliphatic rings. The van der Waals surface area contributed by atoms with Gasteiger partial charge >= 0.3 is 0 Å². The maximum Gasteiger partial charge on any atom is 0.0817 e.